The van der Waals surface area contributed by atoms with Crippen LogP contribution in [0.15, 0.2) is 6.33 Å². The lowest BCUT2D eigenvalue weighted by Crippen LogP contribution is -2.61. The normalized spacial score (nSPS) is 24.9. The summed E-state index contributed by atoms with van der Waals surface area (Å²) < 4.78 is 5.99. The second-order valence-electron chi connectivity index (χ2n) is 6.82. The van der Waals surface area contributed by atoms with E-state index in [0.29, 0.717) is 18.1 Å². The predicted molar refractivity (Wildman–Crippen MR) is 79.5 cm³/mol. The maximum Gasteiger partial charge on any atom is 0.137 e. The first-order valence-electron chi connectivity index (χ1n) is 7.69. The van der Waals surface area contributed by atoms with Gasteiger partial charge in [0.2, 0.25) is 0 Å². The van der Waals surface area contributed by atoms with Gasteiger partial charge in [0.25, 0.3) is 0 Å². The number of H-pyrrole nitrogens is 1. The highest BCUT2D eigenvalue weighted by atomic mass is 16.5. The molecule has 1 aromatic heterocycles. The topological polar surface area (TPSA) is 62.8 Å². The molecule has 1 aliphatic carbocycles. The van der Waals surface area contributed by atoms with Crippen LogP contribution in [0.2, 0.25) is 0 Å². The van der Waals surface area contributed by atoms with Crippen molar-refractivity contribution in [3.8, 4) is 0 Å². The molecular formula is C15H28N4O. The molecule has 2 rings (SSSR count). The second kappa shape index (κ2) is 6.68. The first-order chi connectivity index (χ1) is 9.50. The first-order valence-corrected chi connectivity index (χ1v) is 7.69. The molecule has 0 aliphatic heterocycles. The fourth-order valence-corrected chi connectivity index (χ4v) is 2.71. The highest BCUT2D eigenvalue weighted by Crippen LogP contribution is 2.42. The van der Waals surface area contributed by atoms with Crippen LogP contribution in [-0.4, -0.2) is 40.5 Å². The van der Waals surface area contributed by atoms with Crippen molar-refractivity contribution < 1.29 is 4.74 Å². The van der Waals surface area contributed by atoms with E-state index in [1.54, 1.807) is 6.33 Å². The minimum Gasteiger partial charge on any atom is -0.377 e. The molecular weight excluding hydrogens is 252 g/mol. The van der Waals surface area contributed by atoms with E-state index < -0.39 is 0 Å². The van der Waals surface area contributed by atoms with E-state index in [-0.39, 0.29) is 5.41 Å². The molecule has 5 heteroatoms. The standard InChI is InChI=1S/C15H28N4O/c1-11(2)9-20-13-8-12(15(13,3)4)16-7-5-6-14-17-10-18-19-14/h10-13,16H,5-9H2,1-4H3,(H,17,18,19). The van der Waals surface area contributed by atoms with Crippen molar-refractivity contribution in [1.82, 2.24) is 20.5 Å². The Morgan fingerprint density at radius 1 is 1.50 bits per heavy atom. The molecule has 1 saturated carbocycles. The Hall–Kier alpha value is -0.940. The molecule has 1 aromatic rings. The smallest absolute Gasteiger partial charge is 0.137 e. The van der Waals surface area contributed by atoms with Crippen molar-refractivity contribution >= 4 is 0 Å². The van der Waals surface area contributed by atoms with Crippen molar-refractivity contribution in [3.63, 3.8) is 0 Å². The Morgan fingerprint density at radius 3 is 2.90 bits per heavy atom. The molecule has 1 heterocycles. The van der Waals surface area contributed by atoms with Crippen LogP contribution in [0.4, 0.5) is 0 Å². The largest absolute Gasteiger partial charge is 0.377 e. The van der Waals surface area contributed by atoms with E-state index in [1.807, 2.05) is 0 Å². The third-order valence-electron chi connectivity index (χ3n) is 4.25. The lowest BCUT2D eigenvalue weighted by Gasteiger charge is -2.52. The van der Waals surface area contributed by atoms with Crippen LogP contribution in [0, 0.1) is 11.3 Å². The van der Waals surface area contributed by atoms with Gasteiger partial charge in [-0.15, -0.1) is 0 Å². The number of hydrogen-bond donors (Lipinski definition) is 2. The Balaban J connectivity index is 1.62. The Bertz CT molecular complexity index is 389. The van der Waals surface area contributed by atoms with Gasteiger partial charge >= 0.3 is 0 Å². The summed E-state index contributed by atoms with van der Waals surface area (Å²) in [6.07, 6.45) is 5.13. The summed E-state index contributed by atoms with van der Waals surface area (Å²) in [5, 5.41) is 10.4. The predicted octanol–water partition coefficient (Wildman–Crippen LogP) is 2.17. The molecule has 0 amide bonds. The van der Waals surface area contributed by atoms with Crippen LogP contribution in [0.3, 0.4) is 0 Å². The number of nitrogens with one attached hydrogen (secondary N) is 2. The number of aromatic nitrogens is 3. The molecule has 20 heavy (non-hydrogen) atoms. The molecule has 0 aromatic carbocycles. The molecule has 0 radical (unpaired) electrons. The fourth-order valence-electron chi connectivity index (χ4n) is 2.71. The molecule has 2 unspecified atom stereocenters. The number of ether oxygens (including phenoxy) is 1. The van der Waals surface area contributed by atoms with Gasteiger partial charge in [0, 0.05) is 24.5 Å². The average Bonchev–Trinajstić information content (AvgIpc) is 2.88. The van der Waals surface area contributed by atoms with Crippen LogP contribution in [0.5, 0.6) is 0 Å². The monoisotopic (exact) mass is 280 g/mol. The van der Waals surface area contributed by atoms with Gasteiger partial charge in [-0.1, -0.05) is 27.7 Å². The van der Waals surface area contributed by atoms with Crippen LogP contribution in [-0.2, 0) is 11.2 Å². The van der Waals surface area contributed by atoms with Crippen LogP contribution >= 0.6 is 0 Å². The van der Waals surface area contributed by atoms with E-state index in [1.165, 1.54) is 0 Å². The maximum atomic E-state index is 5.99. The van der Waals surface area contributed by atoms with Crippen molar-refractivity contribution in [2.45, 2.75) is 59.1 Å². The van der Waals surface area contributed by atoms with Crippen LogP contribution in [0.25, 0.3) is 0 Å². The van der Waals surface area contributed by atoms with E-state index in [0.717, 1.165) is 38.2 Å². The average molecular weight is 280 g/mol. The number of aryl methyl sites for hydroxylation is 1. The van der Waals surface area contributed by atoms with E-state index in [9.17, 15) is 0 Å². The Morgan fingerprint density at radius 2 is 2.30 bits per heavy atom. The van der Waals surface area contributed by atoms with E-state index in [2.05, 4.69) is 48.2 Å². The number of nitrogens with zero attached hydrogens (tertiary/aromatic N) is 2. The minimum atomic E-state index is 0.237. The lowest BCUT2D eigenvalue weighted by molar-refractivity contribution is -0.123. The number of aromatic amines is 1. The SMILES string of the molecule is CC(C)COC1CC(NCCCc2ncn[nH]2)C1(C)C. The van der Waals surface area contributed by atoms with Gasteiger partial charge in [0.05, 0.1) is 6.10 Å². The Kier molecular flexibility index (Phi) is 5.16. The Labute approximate surface area is 121 Å². The molecule has 1 fully saturated rings. The van der Waals surface area contributed by atoms with Crippen molar-refractivity contribution in [1.29, 1.82) is 0 Å². The van der Waals surface area contributed by atoms with E-state index in [4.69, 9.17) is 4.74 Å². The zero-order valence-electron chi connectivity index (χ0n) is 13.1. The van der Waals surface area contributed by atoms with Crippen LogP contribution < -0.4 is 5.32 Å². The number of rotatable bonds is 8. The second-order valence-corrected chi connectivity index (χ2v) is 6.82. The van der Waals surface area contributed by atoms with Gasteiger partial charge in [-0.2, -0.15) is 5.10 Å². The van der Waals surface area contributed by atoms with Crippen molar-refractivity contribution in [2.75, 3.05) is 13.2 Å². The molecule has 2 N–H and O–H groups in total. The summed E-state index contributed by atoms with van der Waals surface area (Å²) in [4.78, 5) is 4.13. The van der Waals surface area contributed by atoms with Gasteiger partial charge in [-0.05, 0) is 25.3 Å². The molecule has 5 nitrogen and oxygen atoms in total. The minimum absolute atomic E-state index is 0.237. The highest BCUT2D eigenvalue weighted by molar-refractivity contribution is 5.02. The molecule has 2 atom stereocenters. The van der Waals surface area contributed by atoms with Gasteiger partial charge in [-0.3, -0.25) is 5.10 Å². The summed E-state index contributed by atoms with van der Waals surface area (Å²) >= 11 is 0. The summed E-state index contributed by atoms with van der Waals surface area (Å²) in [6.45, 7) is 10.9. The third kappa shape index (κ3) is 3.79. The van der Waals surface area contributed by atoms with E-state index >= 15 is 0 Å². The van der Waals surface area contributed by atoms with Gasteiger partial charge < -0.3 is 10.1 Å². The zero-order chi connectivity index (χ0) is 14.6. The fraction of sp³-hybridized carbons (Fsp3) is 0.867. The molecule has 114 valence electrons. The first kappa shape index (κ1) is 15.4. The third-order valence-corrected chi connectivity index (χ3v) is 4.25. The maximum absolute atomic E-state index is 5.99. The van der Waals surface area contributed by atoms with Gasteiger partial charge in [0.1, 0.15) is 12.2 Å². The highest BCUT2D eigenvalue weighted by Gasteiger charge is 2.48. The van der Waals surface area contributed by atoms with Crippen LogP contribution in [0.1, 0.15) is 46.4 Å². The molecule has 1 aliphatic rings. The summed E-state index contributed by atoms with van der Waals surface area (Å²) in [5.41, 5.74) is 0.237. The summed E-state index contributed by atoms with van der Waals surface area (Å²) in [6, 6.07) is 0.564. The van der Waals surface area contributed by atoms with Crippen molar-refractivity contribution in [3.05, 3.63) is 12.2 Å². The quantitative estimate of drug-likeness (QED) is 0.716. The molecule has 0 saturated heterocycles. The lowest BCUT2D eigenvalue weighted by atomic mass is 9.64. The summed E-state index contributed by atoms with van der Waals surface area (Å²) in [7, 11) is 0. The van der Waals surface area contributed by atoms with Gasteiger partial charge in [0.15, 0.2) is 0 Å². The molecule has 0 bridgehead atoms. The zero-order valence-corrected chi connectivity index (χ0v) is 13.1. The number of hydrogen-bond acceptors (Lipinski definition) is 4. The molecule has 0 spiro atoms. The van der Waals surface area contributed by atoms with Crippen molar-refractivity contribution in [2.24, 2.45) is 11.3 Å². The van der Waals surface area contributed by atoms with Gasteiger partial charge in [-0.25, -0.2) is 4.98 Å². The summed E-state index contributed by atoms with van der Waals surface area (Å²) in [5.74, 6) is 1.58.